The molecule has 0 bridgehead atoms. The molecule has 1 aliphatic heterocycles. The van der Waals surface area contributed by atoms with Crippen molar-refractivity contribution in [3.05, 3.63) is 60.2 Å². The summed E-state index contributed by atoms with van der Waals surface area (Å²) in [5.74, 6) is -0.470. The number of benzene rings is 1. The Morgan fingerprint density at radius 2 is 1.80 bits per heavy atom. The maximum Gasteiger partial charge on any atom is 0.328 e. The lowest BCUT2D eigenvalue weighted by Gasteiger charge is -2.38. The zero-order valence-electron chi connectivity index (χ0n) is 20.0. The molecule has 30 heavy (non-hydrogen) atoms. The Morgan fingerprint density at radius 3 is 2.27 bits per heavy atom. The summed E-state index contributed by atoms with van der Waals surface area (Å²) in [5.41, 5.74) is 1.75. The van der Waals surface area contributed by atoms with Crippen LogP contribution in [0.5, 0.6) is 0 Å². The topological polar surface area (TPSA) is 46.6 Å². The third kappa shape index (κ3) is 7.81. The maximum absolute atomic E-state index is 13.4. The number of hydrogen-bond donors (Lipinski definition) is 0. The number of nitrogens with zero attached hydrogens (tertiary/aromatic N) is 1. The minimum absolute atomic E-state index is 0.0681. The molecular formula is C26H41NO3. The van der Waals surface area contributed by atoms with Gasteiger partial charge in [-0.1, -0.05) is 90.1 Å². The molecule has 1 saturated heterocycles. The summed E-state index contributed by atoms with van der Waals surface area (Å²) in [7, 11) is 1.38. The molecule has 1 unspecified atom stereocenters. The average molecular weight is 416 g/mol. The van der Waals surface area contributed by atoms with E-state index in [1.165, 1.54) is 13.5 Å². The van der Waals surface area contributed by atoms with Gasteiger partial charge in [0.2, 0.25) is 5.91 Å². The van der Waals surface area contributed by atoms with Crippen LogP contribution in [0.3, 0.4) is 0 Å². The fourth-order valence-electron chi connectivity index (χ4n) is 3.46. The lowest BCUT2D eigenvalue weighted by molar-refractivity contribution is -0.155. The first kappa shape index (κ1) is 27.6. The molecule has 2 rings (SSSR count). The summed E-state index contributed by atoms with van der Waals surface area (Å²) in [4.78, 5) is 27.4. The van der Waals surface area contributed by atoms with E-state index in [2.05, 4.69) is 27.4 Å². The molecule has 0 spiro atoms. The van der Waals surface area contributed by atoms with Gasteiger partial charge in [-0.2, -0.15) is 0 Å². The first-order chi connectivity index (χ1) is 14.4. The molecule has 0 aromatic heterocycles. The van der Waals surface area contributed by atoms with Crippen LogP contribution in [-0.4, -0.2) is 36.5 Å². The zero-order chi connectivity index (χ0) is 23.1. The maximum atomic E-state index is 13.4. The molecule has 0 saturated carbocycles. The monoisotopic (exact) mass is 415 g/mol. The number of rotatable bonds is 5. The summed E-state index contributed by atoms with van der Waals surface area (Å²) in [6, 6.07) is 9.12. The van der Waals surface area contributed by atoms with Crippen molar-refractivity contribution in [2.24, 2.45) is 5.92 Å². The second-order valence-electron chi connectivity index (χ2n) is 7.24. The summed E-state index contributed by atoms with van der Waals surface area (Å²) in [5, 5.41) is 0. The van der Waals surface area contributed by atoms with Crippen molar-refractivity contribution in [2.45, 2.75) is 72.8 Å². The van der Waals surface area contributed by atoms with Crippen molar-refractivity contribution < 1.29 is 14.3 Å². The molecule has 1 aliphatic rings. The van der Waals surface area contributed by atoms with Crippen molar-refractivity contribution in [1.82, 2.24) is 4.90 Å². The first-order valence-corrected chi connectivity index (χ1v) is 11.2. The molecule has 0 N–H and O–H groups in total. The Kier molecular flexibility index (Phi) is 14.3. The van der Waals surface area contributed by atoms with Crippen LogP contribution in [0.25, 0.3) is 0 Å². The van der Waals surface area contributed by atoms with E-state index in [1.54, 1.807) is 11.0 Å². The molecule has 3 atom stereocenters. The summed E-state index contributed by atoms with van der Waals surface area (Å²) in [6.45, 7) is 16.7. The standard InChI is InChI=1S/C21H27NO3.C3H8.C2H6/c1-5-16(6-2)19(17-10-8-7-9-11-17)20(23)22-13-12-15(3)14-18(22)21(24)25-4;1-3-2;1-2/h5-11,15,18-19H,1,12-14H2,2-4H3;3H2,1-2H3;1-2H3/b16-6+;;/t15-,18+,19?;;/m1../s1. The van der Waals surface area contributed by atoms with Crippen molar-refractivity contribution in [3.8, 4) is 0 Å². The lowest BCUT2D eigenvalue weighted by atomic mass is 9.86. The van der Waals surface area contributed by atoms with E-state index in [9.17, 15) is 9.59 Å². The normalized spacial score (nSPS) is 19.3. The van der Waals surface area contributed by atoms with Crippen molar-refractivity contribution >= 4 is 11.9 Å². The minimum atomic E-state index is -0.518. The molecule has 1 heterocycles. The number of piperidine rings is 1. The molecule has 168 valence electrons. The molecule has 1 amide bonds. The van der Waals surface area contributed by atoms with E-state index in [0.29, 0.717) is 18.9 Å². The molecule has 1 aromatic rings. The van der Waals surface area contributed by atoms with Crippen molar-refractivity contribution in [3.63, 3.8) is 0 Å². The summed E-state index contributed by atoms with van der Waals surface area (Å²) >= 11 is 0. The van der Waals surface area contributed by atoms with E-state index in [1.807, 2.05) is 57.2 Å². The molecule has 0 radical (unpaired) electrons. The lowest BCUT2D eigenvalue weighted by Crippen LogP contribution is -2.51. The number of esters is 1. The summed E-state index contributed by atoms with van der Waals surface area (Å²) < 4.78 is 4.95. The smallest absolute Gasteiger partial charge is 0.328 e. The molecule has 4 heteroatoms. The van der Waals surface area contributed by atoms with Crippen LogP contribution < -0.4 is 0 Å². The van der Waals surface area contributed by atoms with Gasteiger partial charge in [-0.15, -0.1) is 0 Å². The highest BCUT2D eigenvalue weighted by atomic mass is 16.5. The third-order valence-corrected chi connectivity index (χ3v) is 4.90. The Hall–Kier alpha value is -2.36. The molecule has 1 aromatic carbocycles. The number of amides is 1. The molecule has 1 fully saturated rings. The number of likely N-dealkylation sites (tertiary alicyclic amines) is 1. The number of hydrogen-bond acceptors (Lipinski definition) is 3. The summed E-state index contributed by atoms with van der Waals surface area (Å²) in [6.07, 6.45) is 6.40. The van der Waals surface area contributed by atoms with E-state index in [4.69, 9.17) is 4.74 Å². The Bertz CT molecular complexity index is 666. The van der Waals surface area contributed by atoms with Gasteiger partial charge in [0.25, 0.3) is 0 Å². The van der Waals surface area contributed by atoms with Crippen LogP contribution in [0.1, 0.15) is 72.3 Å². The van der Waals surface area contributed by atoms with Crippen LogP contribution in [-0.2, 0) is 14.3 Å². The van der Waals surface area contributed by atoms with E-state index < -0.39 is 12.0 Å². The van der Waals surface area contributed by atoms with E-state index in [-0.39, 0.29) is 11.9 Å². The zero-order valence-corrected chi connectivity index (χ0v) is 20.0. The van der Waals surface area contributed by atoms with E-state index >= 15 is 0 Å². The van der Waals surface area contributed by atoms with Gasteiger partial charge in [0.1, 0.15) is 6.04 Å². The van der Waals surface area contributed by atoms with E-state index in [0.717, 1.165) is 17.6 Å². The van der Waals surface area contributed by atoms with Gasteiger partial charge in [-0.25, -0.2) is 4.79 Å². The van der Waals surface area contributed by atoms with Crippen LogP contribution in [0.15, 0.2) is 54.6 Å². The van der Waals surface area contributed by atoms with Gasteiger partial charge in [0, 0.05) is 6.54 Å². The van der Waals surface area contributed by atoms with Crippen LogP contribution >= 0.6 is 0 Å². The first-order valence-electron chi connectivity index (χ1n) is 11.2. The van der Waals surface area contributed by atoms with Crippen molar-refractivity contribution in [1.29, 1.82) is 0 Å². The van der Waals surface area contributed by atoms with Gasteiger partial charge in [0.05, 0.1) is 13.0 Å². The molecular weight excluding hydrogens is 374 g/mol. The predicted molar refractivity (Wildman–Crippen MR) is 126 cm³/mol. The highest BCUT2D eigenvalue weighted by molar-refractivity contribution is 5.91. The second kappa shape index (κ2) is 15.5. The fraction of sp³-hybridized carbons (Fsp3) is 0.538. The van der Waals surface area contributed by atoms with Crippen LogP contribution in [0.4, 0.5) is 0 Å². The minimum Gasteiger partial charge on any atom is -0.467 e. The second-order valence-corrected chi connectivity index (χ2v) is 7.24. The van der Waals surface area contributed by atoms with Crippen LogP contribution in [0, 0.1) is 5.92 Å². The van der Waals surface area contributed by atoms with Crippen LogP contribution in [0.2, 0.25) is 0 Å². The SMILES string of the molecule is C=C/C(=C\C)C(C(=O)N1CC[C@@H](C)C[C@H]1C(=O)OC)c1ccccc1.CC.CCC. The predicted octanol–water partition coefficient (Wildman–Crippen LogP) is 6.15. The number of allylic oxidation sites excluding steroid dienone is 2. The number of carbonyl (C=O) groups is 2. The van der Waals surface area contributed by atoms with Gasteiger partial charge in [0.15, 0.2) is 0 Å². The number of carbonyl (C=O) groups excluding carboxylic acids is 2. The number of ether oxygens (including phenoxy) is 1. The fourth-order valence-corrected chi connectivity index (χ4v) is 3.46. The quantitative estimate of drug-likeness (QED) is 0.428. The average Bonchev–Trinajstić information content (AvgIpc) is 2.78. The van der Waals surface area contributed by atoms with Crippen molar-refractivity contribution in [2.75, 3.05) is 13.7 Å². The number of methoxy groups -OCH3 is 1. The van der Waals surface area contributed by atoms with Gasteiger partial charge < -0.3 is 9.64 Å². The third-order valence-electron chi connectivity index (χ3n) is 4.90. The Balaban J connectivity index is 0.00000154. The van der Waals surface area contributed by atoms with Gasteiger partial charge in [-0.05, 0) is 36.8 Å². The Morgan fingerprint density at radius 1 is 1.23 bits per heavy atom. The highest BCUT2D eigenvalue weighted by Gasteiger charge is 2.39. The highest BCUT2D eigenvalue weighted by Crippen LogP contribution is 2.32. The molecule has 4 nitrogen and oxygen atoms in total. The van der Waals surface area contributed by atoms with Gasteiger partial charge in [-0.3, -0.25) is 4.79 Å². The Labute approximate surface area is 184 Å². The van der Waals surface area contributed by atoms with Gasteiger partial charge >= 0.3 is 5.97 Å². The molecule has 0 aliphatic carbocycles. The largest absolute Gasteiger partial charge is 0.467 e.